The molecular formula is C25H25NO. The lowest BCUT2D eigenvalue weighted by atomic mass is 9.73. The summed E-state index contributed by atoms with van der Waals surface area (Å²) in [5.41, 5.74) is 2.54. The summed E-state index contributed by atoms with van der Waals surface area (Å²) >= 11 is 0. The van der Waals surface area contributed by atoms with Crippen molar-refractivity contribution in [3.05, 3.63) is 78.4 Å². The number of hydrogen-bond acceptors (Lipinski definition) is 2. The van der Waals surface area contributed by atoms with E-state index >= 15 is 0 Å². The first-order valence-corrected chi connectivity index (χ1v) is 10.2. The van der Waals surface area contributed by atoms with Gasteiger partial charge < -0.3 is 4.90 Å². The third-order valence-corrected chi connectivity index (χ3v) is 6.47. The minimum Gasteiger partial charge on any atom is -0.360 e. The molecule has 2 aliphatic rings. The van der Waals surface area contributed by atoms with Crippen LogP contribution < -0.4 is 4.90 Å². The summed E-state index contributed by atoms with van der Waals surface area (Å²) in [6.45, 7) is 0. The second-order valence-corrected chi connectivity index (χ2v) is 7.96. The van der Waals surface area contributed by atoms with E-state index in [1.54, 1.807) is 0 Å². The molecule has 1 saturated heterocycles. The zero-order chi connectivity index (χ0) is 18.2. The maximum Gasteiger partial charge on any atom is 0.140 e. The summed E-state index contributed by atoms with van der Waals surface area (Å²) in [4.78, 5) is 15.7. The van der Waals surface area contributed by atoms with Gasteiger partial charge in [0.1, 0.15) is 5.78 Å². The van der Waals surface area contributed by atoms with Crippen LogP contribution in [0.5, 0.6) is 0 Å². The van der Waals surface area contributed by atoms with Crippen LogP contribution in [0.3, 0.4) is 0 Å². The highest BCUT2D eigenvalue weighted by molar-refractivity contribution is 5.90. The van der Waals surface area contributed by atoms with Crippen molar-refractivity contribution in [1.82, 2.24) is 0 Å². The molecule has 5 rings (SSSR count). The third-order valence-electron chi connectivity index (χ3n) is 6.47. The molecule has 0 radical (unpaired) electrons. The van der Waals surface area contributed by atoms with Gasteiger partial charge in [-0.1, -0.05) is 73.5 Å². The topological polar surface area (TPSA) is 20.3 Å². The van der Waals surface area contributed by atoms with E-state index < -0.39 is 0 Å². The van der Waals surface area contributed by atoms with Crippen molar-refractivity contribution in [3.8, 4) is 0 Å². The molecule has 1 aliphatic heterocycles. The van der Waals surface area contributed by atoms with Crippen LogP contribution in [-0.2, 0) is 4.79 Å². The fourth-order valence-electron chi connectivity index (χ4n) is 5.26. The number of rotatable bonds is 2. The Morgan fingerprint density at radius 2 is 1.52 bits per heavy atom. The Bertz CT molecular complexity index is 959. The van der Waals surface area contributed by atoms with Crippen molar-refractivity contribution in [3.63, 3.8) is 0 Å². The van der Waals surface area contributed by atoms with Crippen LogP contribution in [0.15, 0.2) is 72.8 Å². The minimum atomic E-state index is 0.116. The van der Waals surface area contributed by atoms with Crippen molar-refractivity contribution in [2.75, 3.05) is 4.90 Å². The summed E-state index contributed by atoms with van der Waals surface area (Å²) in [5, 5.41) is 2.52. The van der Waals surface area contributed by atoms with E-state index in [0.29, 0.717) is 18.2 Å². The Kier molecular flexibility index (Phi) is 4.20. The largest absolute Gasteiger partial charge is 0.360 e. The molecule has 27 heavy (non-hydrogen) atoms. The van der Waals surface area contributed by atoms with Crippen LogP contribution >= 0.6 is 0 Å². The second-order valence-electron chi connectivity index (χ2n) is 7.96. The van der Waals surface area contributed by atoms with Gasteiger partial charge in [0.05, 0.1) is 6.04 Å². The van der Waals surface area contributed by atoms with Gasteiger partial charge in [0.2, 0.25) is 0 Å². The SMILES string of the molecule is O=C1C[C@H](c2cccc3ccccc23)N(c2ccccc2)[C@@H]2CCCC[C@@H]12. The molecule has 2 fully saturated rings. The molecule has 0 unspecified atom stereocenters. The maximum atomic E-state index is 13.1. The summed E-state index contributed by atoms with van der Waals surface area (Å²) in [5.74, 6) is 0.662. The molecule has 0 N–H and O–H groups in total. The fourth-order valence-corrected chi connectivity index (χ4v) is 5.26. The van der Waals surface area contributed by atoms with E-state index in [9.17, 15) is 4.79 Å². The molecule has 0 amide bonds. The summed E-state index contributed by atoms with van der Waals surface area (Å²) in [6.07, 6.45) is 5.19. The minimum absolute atomic E-state index is 0.116. The van der Waals surface area contributed by atoms with Crippen molar-refractivity contribution in [1.29, 1.82) is 0 Å². The molecule has 0 bridgehead atoms. The average molecular weight is 355 g/mol. The molecule has 2 nitrogen and oxygen atoms in total. The number of nitrogens with zero attached hydrogens (tertiary/aromatic N) is 1. The molecule has 0 spiro atoms. The number of para-hydroxylation sites is 1. The molecule has 1 heterocycles. The zero-order valence-corrected chi connectivity index (χ0v) is 15.6. The monoisotopic (exact) mass is 355 g/mol. The van der Waals surface area contributed by atoms with Crippen molar-refractivity contribution in [2.45, 2.75) is 44.2 Å². The molecule has 3 atom stereocenters. The summed E-state index contributed by atoms with van der Waals surface area (Å²) < 4.78 is 0. The van der Waals surface area contributed by atoms with Gasteiger partial charge in [-0.2, -0.15) is 0 Å². The lowest BCUT2D eigenvalue weighted by Crippen LogP contribution is -2.52. The predicted molar refractivity (Wildman–Crippen MR) is 111 cm³/mol. The number of Topliss-reactive ketones (excluding diaryl/α,β-unsaturated/α-hetero) is 1. The number of fused-ring (bicyclic) bond motifs is 2. The number of hydrogen-bond donors (Lipinski definition) is 0. The Balaban J connectivity index is 1.67. The first kappa shape index (κ1) is 16.6. The van der Waals surface area contributed by atoms with Gasteiger partial charge in [0.15, 0.2) is 0 Å². The van der Waals surface area contributed by atoms with Crippen molar-refractivity contribution < 1.29 is 4.79 Å². The van der Waals surface area contributed by atoms with E-state index in [0.717, 1.165) is 12.8 Å². The average Bonchev–Trinajstić information content (AvgIpc) is 2.74. The van der Waals surface area contributed by atoms with E-state index in [1.165, 1.54) is 34.9 Å². The molecular weight excluding hydrogens is 330 g/mol. The quantitative estimate of drug-likeness (QED) is 0.569. The van der Waals surface area contributed by atoms with E-state index in [1.807, 2.05) is 0 Å². The van der Waals surface area contributed by atoms with E-state index in [2.05, 4.69) is 77.7 Å². The van der Waals surface area contributed by atoms with E-state index in [-0.39, 0.29) is 12.0 Å². The predicted octanol–water partition coefficient (Wildman–Crippen LogP) is 5.92. The normalized spacial score (nSPS) is 25.4. The Labute approximate surface area is 160 Å². The molecule has 0 aromatic heterocycles. The number of anilines is 1. The molecule has 2 heteroatoms. The van der Waals surface area contributed by atoms with Crippen LogP contribution in [0.4, 0.5) is 5.69 Å². The van der Waals surface area contributed by atoms with Gasteiger partial charge in [0, 0.05) is 24.1 Å². The summed E-state index contributed by atoms with van der Waals surface area (Å²) in [7, 11) is 0. The van der Waals surface area contributed by atoms with Gasteiger partial charge in [0.25, 0.3) is 0 Å². The Hall–Kier alpha value is -2.61. The maximum absolute atomic E-state index is 13.1. The van der Waals surface area contributed by atoms with Gasteiger partial charge in [-0.15, -0.1) is 0 Å². The van der Waals surface area contributed by atoms with Gasteiger partial charge in [-0.25, -0.2) is 0 Å². The molecule has 1 saturated carbocycles. The Morgan fingerprint density at radius 3 is 2.41 bits per heavy atom. The van der Waals surface area contributed by atoms with Crippen LogP contribution in [0.1, 0.15) is 43.7 Å². The van der Waals surface area contributed by atoms with E-state index in [4.69, 9.17) is 0 Å². The van der Waals surface area contributed by atoms with Crippen LogP contribution in [0.2, 0.25) is 0 Å². The first-order chi connectivity index (χ1) is 13.3. The highest BCUT2D eigenvalue weighted by Crippen LogP contribution is 2.45. The van der Waals surface area contributed by atoms with Crippen molar-refractivity contribution >= 4 is 22.2 Å². The number of piperidine rings is 1. The standard InChI is InChI=1S/C25H25NO/c27-25-17-24(21-15-8-10-18-9-4-5-13-20(18)21)26(19-11-2-1-3-12-19)23-16-7-6-14-22(23)25/h1-5,8-13,15,22-24H,6-7,14,16-17H2/t22-,23-,24-/m1/s1. The lowest BCUT2D eigenvalue weighted by Gasteiger charge is -2.49. The lowest BCUT2D eigenvalue weighted by molar-refractivity contribution is -0.126. The van der Waals surface area contributed by atoms with Gasteiger partial charge in [-0.05, 0) is 41.3 Å². The number of carbonyl (C=O) groups excluding carboxylic acids is 1. The number of carbonyl (C=O) groups is 1. The van der Waals surface area contributed by atoms with Gasteiger partial charge >= 0.3 is 0 Å². The van der Waals surface area contributed by atoms with Crippen LogP contribution in [0, 0.1) is 5.92 Å². The smallest absolute Gasteiger partial charge is 0.140 e. The fraction of sp³-hybridized carbons (Fsp3) is 0.320. The molecule has 1 aliphatic carbocycles. The van der Waals surface area contributed by atoms with Crippen LogP contribution in [-0.4, -0.2) is 11.8 Å². The molecule has 136 valence electrons. The molecule has 3 aromatic carbocycles. The third kappa shape index (κ3) is 2.84. The highest BCUT2D eigenvalue weighted by atomic mass is 16.1. The zero-order valence-electron chi connectivity index (χ0n) is 15.6. The summed E-state index contributed by atoms with van der Waals surface area (Å²) in [6, 6.07) is 26.2. The van der Waals surface area contributed by atoms with Crippen LogP contribution in [0.25, 0.3) is 10.8 Å². The highest BCUT2D eigenvalue weighted by Gasteiger charge is 2.44. The molecule has 3 aromatic rings. The first-order valence-electron chi connectivity index (χ1n) is 10.2. The number of benzene rings is 3. The van der Waals surface area contributed by atoms with Crippen molar-refractivity contribution in [2.24, 2.45) is 5.92 Å². The Morgan fingerprint density at radius 1 is 0.778 bits per heavy atom. The number of ketones is 1. The second kappa shape index (κ2) is 6.84. The van der Waals surface area contributed by atoms with Gasteiger partial charge in [-0.3, -0.25) is 4.79 Å².